The third kappa shape index (κ3) is 4.08. The van der Waals surface area contributed by atoms with E-state index in [-0.39, 0.29) is 29.0 Å². The van der Waals surface area contributed by atoms with Gasteiger partial charge in [-0.3, -0.25) is 4.79 Å². The van der Waals surface area contributed by atoms with Crippen LogP contribution < -0.4 is 10.6 Å². The highest BCUT2D eigenvalue weighted by atomic mass is 79.9. The number of benzene rings is 1. The van der Waals surface area contributed by atoms with Crippen molar-refractivity contribution < 1.29 is 22.4 Å². The Bertz CT molecular complexity index is 1050. The molecule has 0 saturated carbocycles. The van der Waals surface area contributed by atoms with Gasteiger partial charge in [-0.2, -0.15) is 18.3 Å². The molecule has 4 rings (SSSR count). The molecule has 1 aliphatic rings. The summed E-state index contributed by atoms with van der Waals surface area (Å²) in [6.45, 7) is 0.0850. The zero-order valence-corrected chi connectivity index (χ0v) is 17.6. The first-order valence-corrected chi connectivity index (χ1v) is 10.6. The number of hydrogen-bond acceptors (Lipinski definition) is 4. The minimum absolute atomic E-state index is 0.0850. The second kappa shape index (κ2) is 8.03. The first-order chi connectivity index (χ1) is 14.2. The number of alkyl halides is 3. The fraction of sp³-hybridized carbons (Fsp3) is 0.263. The summed E-state index contributed by atoms with van der Waals surface area (Å²) in [6.07, 6.45) is -4.76. The molecule has 0 spiro atoms. The number of carbonyl (C=O) groups excluding carboxylic acids is 1. The number of carbonyl (C=O) groups is 1. The molecular formula is C19H15BrF4N4OS. The molecule has 2 atom stereocenters. The molecular weight excluding hydrogens is 488 g/mol. The van der Waals surface area contributed by atoms with E-state index in [4.69, 9.17) is 0 Å². The van der Waals surface area contributed by atoms with Gasteiger partial charge in [-0.15, -0.1) is 11.3 Å². The van der Waals surface area contributed by atoms with Gasteiger partial charge in [0.2, 0.25) is 0 Å². The van der Waals surface area contributed by atoms with E-state index in [9.17, 15) is 22.4 Å². The molecule has 30 heavy (non-hydrogen) atoms. The van der Waals surface area contributed by atoms with E-state index in [0.29, 0.717) is 5.56 Å². The summed E-state index contributed by atoms with van der Waals surface area (Å²) in [5.41, 5.74) is 0.495. The molecule has 158 valence electrons. The Balaban J connectivity index is 1.61. The summed E-state index contributed by atoms with van der Waals surface area (Å²) in [5.74, 6) is -0.934. The van der Waals surface area contributed by atoms with Gasteiger partial charge in [-0.25, -0.2) is 9.07 Å². The van der Waals surface area contributed by atoms with Gasteiger partial charge in [0.1, 0.15) is 11.6 Å². The first kappa shape index (κ1) is 20.9. The van der Waals surface area contributed by atoms with Crippen molar-refractivity contribution in [3.05, 3.63) is 68.2 Å². The lowest BCUT2D eigenvalue weighted by Gasteiger charge is -2.33. The Labute approximate surface area is 181 Å². The molecule has 5 nitrogen and oxygen atoms in total. The number of fused-ring (bicyclic) bond motifs is 1. The molecule has 1 aromatic carbocycles. The Morgan fingerprint density at radius 3 is 2.67 bits per heavy atom. The number of nitrogens with zero attached hydrogens (tertiary/aromatic N) is 2. The number of aromatic nitrogens is 2. The zero-order chi connectivity index (χ0) is 21.5. The molecule has 0 unspecified atom stereocenters. The average molecular weight is 503 g/mol. The topological polar surface area (TPSA) is 59.0 Å². The Kier molecular flexibility index (Phi) is 5.58. The zero-order valence-electron chi connectivity index (χ0n) is 15.2. The highest BCUT2D eigenvalue weighted by Crippen LogP contribution is 2.46. The van der Waals surface area contributed by atoms with E-state index >= 15 is 0 Å². The fourth-order valence-corrected chi connectivity index (χ4v) is 4.63. The van der Waals surface area contributed by atoms with Crippen LogP contribution in [0, 0.1) is 5.82 Å². The van der Waals surface area contributed by atoms with Gasteiger partial charge in [0.15, 0.2) is 11.7 Å². The van der Waals surface area contributed by atoms with Crippen molar-refractivity contribution in [2.24, 2.45) is 0 Å². The summed E-state index contributed by atoms with van der Waals surface area (Å²) in [6, 6.07) is 6.67. The van der Waals surface area contributed by atoms with Crippen LogP contribution in [-0.4, -0.2) is 21.9 Å². The van der Waals surface area contributed by atoms with Gasteiger partial charge in [-0.1, -0.05) is 18.2 Å². The molecule has 2 N–H and O–H groups in total. The molecule has 0 aliphatic carbocycles. The maximum Gasteiger partial charge on any atom is 0.410 e. The number of thiophene rings is 1. The van der Waals surface area contributed by atoms with Crippen molar-refractivity contribution in [3.63, 3.8) is 0 Å². The lowest BCUT2D eigenvalue weighted by Crippen LogP contribution is -2.35. The summed E-state index contributed by atoms with van der Waals surface area (Å²) < 4.78 is 55.2. The molecule has 1 aliphatic heterocycles. The molecule has 3 heterocycles. The SMILES string of the molecule is O=C(NCc1ccc(F)cc1)c1nn2c(c1Br)N[C@@H](c1cccs1)C[C@H]2C(F)(F)F. The molecule has 0 saturated heterocycles. The van der Waals surface area contributed by atoms with E-state index in [0.717, 1.165) is 9.56 Å². The maximum absolute atomic E-state index is 13.7. The summed E-state index contributed by atoms with van der Waals surface area (Å²) in [5, 5.41) is 11.4. The number of rotatable bonds is 4. The van der Waals surface area contributed by atoms with Crippen molar-refractivity contribution in [2.45, 2.75) is 31.2 Å². The minimum Gasteiger partial charge on any atom is -0.362 e. The Morgan fingerprint density at radius 2 is 2.03 bits per heavy atom. The standard InChI is InChI=1S/C19H15BrF4N4OS/c20-15-16(18(29)25-9-10-3-5-11(21)6-4-10)27-28-14(19(22,23)24)8-12(26-17(15)28)13-2-1-7-30-13/h1-7,12,14,26H,8-9H2,(H,25,29)/t12-,14+/m1/s1. The number of nitrogens with one attached hydrogen (secondary N) is 2. The second-order valence-electron chi connectivity index (χ2n) is 6.77. The van der Waals surface area contributed by atoms with Crippen LogP contribution in [0.25, 0.3) is 0 Å². The predicted molar refractivity (Wildman–Crippen MR) is 108 cm³/mol. The van der Waals surface area contributed by atoms with Gasteiger partial charge in [0, 0.05) is 17.8 Å². The van der Waals surface area contributed by atoms with Crippen molar-refractivity contribution in [1.82, 2.24) is 15.1 Å². The van der Waals surface area contributed by atoms with E-state index in [1.165, 1.54) is 35.6 Å². The van der Waals surface area contributed by atoms with Crippen LogP contribution in [0.1, 0.15) is 39.4 Å². The average Bonchev–Trinajstić information content (AvgIpc) is 3.34. The van der Waals surface area contributed by atoms with Crippen LogP contribution >= 0.6 is 27.3 Å². The van der Waals surface area contributed by atoms with Crippen LogP contribution in [0.15, 0.2) is 46.3 Å². The molecule has 0 fully saturated rings. The number of hydrogen-bond donors (Lipinski definition) is 2. The van der Waals surface area contributed by atoms with E-state index in [1.807, 2.05) is 0 Å². The van der Waals surface area contributed by atoms with Crippen molar-refractivity contribution in [1.29, 1.82) is 0 Å². The molecule has 2 aromatic heterocycles. The van der Waals surface area contributed by atoms with E-state index < -0.39 is 30.0 Å². The monoisotopic (exact) mass is 502 g/mol. The van der Waals surface area contributed by atoms with Crippen LogP contribution in [0.5, 0.6) is 0 Å². The van der Waals surface area contributed by atoms with Crippen LogP contribution in [0.4, 0.5) is 23.4 Å². The van der Waals surface area contributed by atoms with Crippen molar-refractivity contribution in [3.8, 4) is 0 Å². The largest absolute Gasteiger partial charge is 0.410 e. The molecule has 11 heteroatoms. The fourth-order valence-electron chi connectivity index (χ4n) is 3.28. The van der Waals surface area contributed by atoms with Crippen LogP contribution in [-0.2, 0) is 6.54 Å². The lowest BCUT2D eigenvalue weighted by atomic mass is 10.0. The number of halogens is 5. The third-order valence-electron chi connectivity index (χ3n) is 4.76. The molecule has 0 bridgehead atoms. The normalized spacial score (nSPS) is 18.6. The van der Waals surface area contributed by atoms with Gasteiger partial charge >= 0.3 is 6.18 Å². The number of amides is 1. The van der Waals surface area contributed by atoms with Gasteiger partial charge in [0.05, 0.1) is 10.5 Å². The Morgan fingerprint density at radius 1 is 1.30 bits per heavy atom. The van der Waals surface area contributed by atoms with Gasteiger partial charge in [-0.05, 0) is 45.1 Å². The molecule has 3 aromatic rings. The lowest BCUT2D eigenvalue weighted by molar-refractivity contribution is -0.173. The number of anilines is 1. The van der Waals surface area contributed by atoms with Crippen LogP contribution in [0.3, 0.4) is 0 Å². The van der Waals surface area contributed by atoms with Crippen molar-refractivity contribution in [2.75, 3.05) is 5.32 Å². The highest BCUT2D eigenvalue weighted by molar-refractivity contribution is 9.10. The van der Waals surface area contributed by atoms with E-state index in [1.54, 1.807) is 17.5 Å². The third-order valence-corrected chi connectivity index (χ3v) is 6.50. The maximum atomic E-state index is 13.7. The van der Waals surface area contributed by atoms with Crippen molar-refractivity contribution >= 4 is 39.0 Å². The summed E-state index contributed by atoms with van der Waals surface area (Å²) >= 11 is 4.60. The van der Waals surface area contributed by atoms with E-state index in [2.05, 4.69) is 31.7 Å². The molecule has 1 amide bonds. The predicted octanol–water partition coefficient (Wildman–Crippen LogP) is 5.44. The van der Waals surface area contributed by atoms with Gasteiger partial charge < -0.3 is 10.6 Å². The second-order valence-corrected chi connectivity index (χ2v) is 8.54. The summed E-state index contributed by atoms with van der Waals surface area (Å²) in [7, 11) is 0. The summed E-state index contributed by atoms with van der Waals surface area (Å²) in [4.78, 5) is 13.4. The highest BCUT2D eigenvalue weighted by Gasteiger charge is 2.47. The molecule has 0 radical (unpaired) electrons. The quantitative estimate of drug-likeness (QED) is 0.467. The van der Waals surface area contributed by atoms with Gasteiger partial charge in [0.25, 0.3) is 5.91 Å². The minimum atomic E-state index is -4.53. The first-order valence-electron chi connectivity index (χ1n) is 8.91. The Hall–Kier alpha value is -2.40. The smallest absolute Gasteiger partial charge is 0.362 e. The van der Waals surface area contributed by atoms with Crippen LogP contribution in [0.2, 0.25) is 0 Å².